The van der Waals surface area contributed by atoms with Crippen LogP contribution in [0.25, 0.3) is 0 Å². The monoisotopic (exact) mass is 264 g/mol. The summed E-state index contributed by atoms with van der Waals surface area (Å²) in [6.45, 7) is 1.67. The Morgan fingerprint density at radius 3 is 2.74 bits per heavy atom. The van der Waals surface area contributed by atoms with Gasteiger partial charge in [0.05, 0.1) is 11.0 Å². The predicted octanol–water partition coefficient (Wildman–Crippen LogP) is 2.21. The van der Waals surface area contributed by atoms with Gasteiger partial charge in [0.1, 0.15) is 5.82 Å². The molecule has 0 aliphatic carbocycles. The quantitative estimate of drug-likeness (QED) is 0.673. The van der Waals surface area contributed by atoms with Gasteiger partial charge in [0.2, 0.25) is 17.6 Å². The molecule has 2 aromatic rings. The molecule has 98 valence electrons. The number of nitrogens with zero attached hydrogens (tertiary/aromatic N) is 3. The number of hydrogen-bond donors (Lipinski definition) is 1. The molecule has 0 saturated heterocycles. The van der Waals surface area contributed by atoms with Gasteiger partial charge in [-0.05, 0) is 19.1 Å². The van der Waals surface area contributed by atoms with Crippen molar-refractivity contribution >= 4 is 11.6 Å². The third kappa shape index (κ3) is 2.92. The highest BCUT2D eigenvalue weighted by Crippen LogP contribution is 2.31. The van der Waals surface area contributed by atoms with Gasteiger partial charge in [-0.2, -0.15) is 4.98 Å². The predicted molar refractivity (Wildman–Crippen MR) is 64.3 cm³/mol. The topological polar surface area (TPSA) is 104 Å². The lowest BCUT2D eigenvalue weighted by molar-refractivity contribution is -0.385. The molecule has 0 atom stereocenters. The van der Waals surface area contributed by atoms with Gasteiger partial charge in [0.25, 0.3) is 0 Å². The Bertz CT molecular complexity index is 628. The zero-order valence-corrected chi connectivity index (χ0v) is 9.83. The minimum Gasteiger partial charge on any atom is -0.432 e. The Kier molecular flexibility index (Phi) is 3.23. The summed E-state index contributed by atoms with van der Waals surface area (Å²) in [5.74, 6) is -0.805. The first-order valence-electron chi connectivity index (χ1n) is 5.18. The number of benzene rings is 1. The van der Waals surface area contributed by atoms with Gasteiger partial charge >= 0.3 is 5.69 Å². The summed E-state index contributed by atoms with van der Waals surface area (Å²) in [5, 5.41) is 10.8. The first-order chi connectivity index (χ1) is 8.95. The molecule has 0 aliphatic rings. The van der Waals surface area contributed by atoms with Crippen molar-refractivity contribution < 1.29 is 14.1 Å². The zero-order chi connectivity index (χ0) is 14.0. The van der Waals surface area contributed by atoms with E-state index in [9.17, 15) is 14.5 Å². The second-order valence-electron chi connectivity index (χ2n) is 3.68. The molecule has 1 heterocycles. The number of aryl methyl sites for hydroxylation is 1. The van der Waals surface area contributed by atoms with Gasteiger partial charge in [-0.3, -0.25) is 10.1 Å². The molecule has 0 radical (unpaired) electrons. The van der Waals surface area contributed by atoms with Crippen molar-refractivity contribution in [2.24, 2.45) is 0 Å². The molecule has 1 aromatic heterocycles. The first kappa shape index (κ1) is 12.7. The number of halogens is 1. The van der Waals surface area contributed by atoms with Crippen molar-refractivity contribution in [3.63, 3.8) is 0 Å². The summed E-state index contributed by atoms with van der Waals surface area (Å²) in [4.78, 5) is 17.7. The van der Waals surface area contributed by atoms with Gasteiger partial charge in [0, 0.05) is 11.8 Å². The number of anilines is 1. The van der Waals surface area contributed by atoms with Crippen LogP contribution < -0.4 is 10.5 Å². The Morgan fingerprint density at radius 2 is 2.11 bits per heavy atom. The molecule has 19 heavy (non-hydrogen) atoms. The standard InChI is InChI=1S/C11H9FN4O3/c1-6-4-10(15-11(13)14-6)19-9-3-2-7(12)5-8(9)16(17)18/h2-5H,1H3,(H2,13,14,15). The average Bonchev–Trinajstić information content (AvgIpc) is 2.30. The smallest absolute Gasteiger partial charge is 0.314 e. The van der Waals surface area contributed by atoms with E-state index in [2.05, 4.69) is 9.97 Å². The summed E-state index contributed by atoms with van der Waals surface area (Å²) in [5.41, 5.74) is 5.50. The largest absolute Gasteiger partial charge is 0.432 e. The van der Waals surface area contributed by atoms with E-state index >= 15 is 0 Å². The van der Waals surface area contributed by atoms with Crippen molar-refractivity contribution in [1.82, 2.24) is 9.97 Å². The third-order valence-electron chi connectivity index (χ3n) is 2.18. The van der Waals surface area contributed by atoms with Crippen molar-refractivity contribution in [3.8, 4) is 11.6 Å². The molecule has 0 bridgehead atoms. The summed E-state index contributed by atoms with van der Waals surface area (Å²) in [6, 6.07) is 4.44. The van der Waals surface area contributed by atoms with Crippen LogP contribution in [0.1, 0.15) is 5.69 Å². The van der Waals surface area contributed by atoms with E-state index < -0.39 is 16.4 Å². The van der Waals surface area contributed by atoms with Crippen LogP contribution in [0.15, 0.2) is 24.3 Å². The molecule has 0 unspecified atom stereocenters. The van der Waals surface area contributed by atoms with Crippen molar-refractivity contribution in [2.75, 3.05) is 5.73 Å². The molecular formula is C11H9FN4O3. The maximum atomic E-state index is 13.0. The fourth-order valence-corrected chi connectivity index (χ4v) is 1.45. The van der Waals surface area contributed by atoms with E-state index in [0.717, 1.165) is 18.2 Å². The molecule has 7 nitrogen and oxygen atoms in total. The molecule has 2 rings (SSSR count). The second-order valence-corrected chi connectivity index (χ2v) is 3.68. The number of aromatic nitrogens is 2. The van der Waals surface area contributed by atoms with E-state index in [1.807, 2.05) is 0 Å². The Balaban J connectivity index is 2.40. The van der Waals surface area contributed by atoms with E-state index in [-0.39, 0.29) is 17.6 Å². The molecule has 8 heteroatoms. The normalized spacial score (nSPS) is 10.2. The van der Waals surface area contributed by atoms with Crippen LogP contribution in [0.4, 0.5) is 16.0 Å². The van der Waals surface area contributed by atoms with Gasteiger partial charge in [-0.25, -0.2) is 9.37 Å². The second kappa shape index (κ2) is 4.84. The number of rotatable bonds is 3. The highest BCUT2D eigenvalue weighted by Gasteiger charge is 2.17. The van der Waals surface area contributed by atoms with Crippen molar-refractivity contribution in [3.05, 3.63) is 45.9 Å². The number of nitrogen functional groups attached to an aromatic ring is 1. The van der Waals surface area contributed by atoms with Crippen LogP contribution >= 0.6 is 0 Å². The van der Waals surface area contributed by atoms with Crippen LogP contribution in [-0.2, 0) is 0 Å². The molecule has 0 fully saturated rings. The first-order valence-corrected chi connectivity index (χ1v) is 5.18. The fourth-order valence-electron chi connectivity index (χ4n) is 1.45. The number of nitro groups is 1. The maximum Gasteiger partial charge on any atom is 0.314 e. The van der Waals surface area contributed by atoms with Gasteiger partial charge in [-0.1, -0.05) is 0 Å². The van der Waals surface area contributed by atoms with Gasteiger partial charge in [-0.15, -0.1) is 0 Å². The van der Waals surface area contributed by atoms with E-state index in [1.54, 1.807) is 6.92 Å². The highest BCUT2D eigenvalue weighted by atomic mass is 19.1. The Morgan fingerprint density at radius 1 is 1.37 bits per heavy atom. The summed E-state index contributed by atoms with van der Waals surface area (Å²) < 4.78 is 18.2. The van der Waals surface area contributed by atoms with Crippen LogP contribution in [-0.4, -0.2) is 14.9 Å². The SMILES string of the molecule is Cc1cc(Oc2ccc(F)cc2[N+](=O)[O-])nc(N)n1. The molecule has 0 aliphatic heterocycles. The lowest BCUT2D eigenvalue weighted by Crippen LogP contribution is -2.00. The average molecular weight is 264 g/mol. The minimum atomic E-state index is -0.740. The number of nitrogens with two attached hydrogens (primary N) is 1. The van der Waals surface area contributed by atoms with E-state index in [4.69, 9.17) is 10.5 Å². The number of ether oxygens (including phenoxy) is 1. The minimum absolute atomic E-state index is 0.0141. The highest BCUT2D eigenvalue weighted by molar-refractivity contribution is 5.48. The number of nitro benzene ring substituents is 1. The Labute approximate surface area is 107 Å². The third-order valence-corrected chi connectivity index (χ3v) is 2.18. The number of hydrogen-bond acceptors (Lipinski definition) is 6. The fraction of sp³-hybridized carbons (Fsp3) is 0.0909. The van der Waals surface area contributed by atoms with Crippen LogP contribution in [0.3, 0.4) is 0 Å². The molecular weight excluding hydrogens is 255 g/mol. The van der Waals surface area contributed by atoms with Crippen LogP contribution in [0, 0.1) is 22.9 Å². The summed E-state index contributed by atoms with van der Waals surface area (Å²) >= 11 is 0. The molecule has 2 N–H and O–H groups in total. The Hall–Kier alpha value is -2.77. The summed E-state index contributed by atoms with van der Waals surface area (Å²) in [7, 11) is 0. The maximum absolute atomic E-state index is 13.0. The van der Waals surface area contributed by atoms with Gasteiger partial charge < -0.3 is 10.5 Å². The van der Waals surface area contributed by atoms with E-state index in [1.165, 1.54) is 6.07 Å². The molecule has 0 spiro atoms. The van der Waals surface area contributed by atoms with E-state index in [0.29, 0.717) is 5.69 Å². The van der Waals surface area contributed by atoms with Crippen LogP contribution in [0.2, 0.25) is 0 Å². The van der Waals surface area contributed by atoms with Gasteiger partial charge in [0.15, 0.2) is 0 Å². The van der Waals surface area contributed by atoms with Crippen molar-refractivity contribution in [1.29, 1.82) is 0 Å². The summed E-state index contributed by atoms with van der Waals surface area (Å²) in [6.07, 6.45) is 0. The zero-order valence-electron chi connectivity index (χ0n) is 9.83. The molecule has 1 aromatic carbocycles. The lowest BCUT2D eigenvalue weighted by Gasteiger charge is -2.06. The van der Waals surface area contributed by atoms with Crippen molar-refractivity contribution in [2.45, 2.75) is 6.92 Å². The molecule has 0 amide bonds. The lowest BCUT2D eigenvalue weighted by atomic mass is 10.3. The molecule has 0 saturated carbocycles. The van der Waals surface area contributed by atoms with Crippen LogP contribution in [0.5, 0.6) is 11.6 Å².